The van der Waals surface area contributed by atoms with Crippen molar-refractivity contribution < 1.29 is 14.4 Å². The molecule has 3 fully saturated rings. The molecule has 4 rings (SSSR count). The summed E-state index contributed by atoms with van der Waals surface area (Å²) >= 11 is 0. The van der Waals surface area contributed by atoms with Crippen LogP contribution in [0.25, 0.3) is 0 Å². The summed E-state index contributed by atoms with van der Waals surface area (Å²) in [5.41, 5.74) is 0.617. The van der Waals surface area contributed by atoms with Gasteiger partial charge in [0.1, 0.15) is 0 Å². The van der Waals surface area contributed by atoms with Crippen molar-refractivity contribution in [2.45, 2.75) is 32.6 Å². The van der Waals surface area contributed by atoms with Gasteiger partial charge in [0.25, 0.3) is 0 Å². The molecule has 3 aliphatic rings. The lowest BCUT2D eigenvalue weighted by atomic mass is 9.68. The molecule has 4 unspecified atom stereocenters. The van der Waals surface area contributed by atoms with Crippen molar-refractivity contribution in [2.75, 3.05) is 18.0 Å². The Hall–Kier alpha value is -2.17. The van der Waals surface area contributed by atoms with Crippen LogP contribution in [0.15, 0.2) is 30.3 Å². The maximum atomic E-state index is 13.2. The molecule has 0 N–H and O–H groups in total. The lowest BCUT2D eigenvalue weighted by Crippen LogP contribution is -2.45. The van der Waals surface area contributed by atoms with Gasteiger partial charge in [-0.3, -0.25) is 19.3 Å². The standard InChI is InChI=1S/C20H24N2O3/c1-13-9-10-15(18(23)21-11-5-6-12-21)17-16(13)19(24)22(20(17)25)14-7-3-2-4-8-14/h2-4,7-8,13,15-17H,5-6,9-12H2,1H3. The number of nitrogens with zero attached hydrogens (tertiary/aromatic N) is 2. The Morgan fingerprint density at radius 3 is 2.28 bits per heavy atom. The number of para-hydroxylation sites is 1. The van der Waals surface area contributed by atoms with Crippen LogP contribution >= 0.6 is 0 Å². The molecule has 132 valence electrons. The van der Waals surface area contributed by atoms with Crippen molar-refractivity contribution in [3.05, 3.63) is 30.3 Å². The number of fused-ring (bicyclic) bond motifs is 1. The Bertz CT molecular complexity index is 696. The topological polar surface area (TPSA) is 57.7 Å². The van der Waals surface area contributed by atoms with Crippen LogP contribution in [0, 0.1) is 23.7 Å². The van der Waals surface area contributed by atoms with E-state index in [4.69, 9.17) is 0 Å². The molecule has 2 saturated heterocycles. The van der Waals surface area contributed by atoms with E-state index < -0.39 is 5.92 Å². The van der Waals surface area contributed by atoms with E-state index in [1.165, 1.54) is 4.90 Å². The minimum Gasteiger partial charge on any atom is -0.342 e. The van der Waals surface area contributed by atoms with Crippen LogP contribution in [0.5, 0.6) is 0 Å². The molecule has 1 aliphatic carbocycles. The first-order valence-electron chi connectivity index (χ1n) is 9.31. The number of carbonyl (C=O) groups is 3. The molecule has 2 aliphatic heterocycles. The summed E-state index contributed by atoms with van der Waals surface area (Å²) in [7, 11) is 0. The van der Waals surface area contributed by atoms with E-state index in [1.807, 2.05) is 30.0 Å². The van der Waals surface area contributed by atoms with Crippen molar-refractivity contribution in [2.24, 2.45) is 23.7 Å². The van der Waals surface area contributed by atoms with E-state index in [0.717, 1.165) is 32.4 Å². The van der Waals surface area contributed by atoms with E-state index in [2.05, 4.69) is 0 Å². The summed E-state index contributed by atoms with van der Waals surface area (Å²) in [6.45, 7) is 3.60. The average molecular weight is 340 g/mol. The summed E-state index contributed by atoms with van der Waals surface area (Å²) in [6, 6.07) is 9.09. The highest BCUT2D eigenvalue weighted by atomic mass is 16.2. The van der Waals surface area contributed by atoms with Gasteiger partial charge >= 0.3 is 0 Å². The molecule has 1 aromatic carbocycles. The van der Waals surface area contributed by atoms with Crippen LogP contribution in [0.1, 0.15) is 32.6 Å². The number of likely N-dealkylation sites (tertiary alicyclic amines) is 1. The van der Waals surface area contributed by atoms with Gasteiger partial charge in [-0.25, -0.2) is 0 Å². The van der Waals surface area contributed by atoms with Crippen LogP contribution in [-0.4, -0.2) is 35.7 Å². The normalized spacial score (nSPS) is 32.2. The second-order valence-corrected chi connectivity index (χ2v) is 7.59. The minimum atomic E-state index is -0.496. The summed E-state index contributed by atoms with van der Waals surface area (Å²) in [5, 5.41) is 0. The Kier molecular flexibility index (Phi) is 4.10. The Balaban J connectivity index is 1.67. The predicted octanol–water partition coefficient (Wildman–Crippen LogP) is 2.46. The SMILES string of the molecule is CC1CCC(C(=O)N2CCCC2)C2C(=O)N(c3ccccc3)C(=O)C12. The van der Waals surface area contributed by atoms with E-state index in [9.17, 15) is 14.4 Å². The molecule has 0 spiro atoms. The molecule has 4 atom stereocenters. The molecular formula is C20H24N2O3. The zero-order valence-corrected chi connectivity index (χ0v) is 14.6. The van der Waals surface area contributed by atoms with Crippen molar-refractivity contribution in [3.8, 4) is 0 Å². The van der Waals surface area contributed by atoms with Gasteiger partial charge < -0.3 is 4.90 Å². The molecule has 25 heavy (non-hydrogen) atoms. The van der Waals surface area contributed by atoms with Gasteiger partial charge in [-0.05, 0) is 43.7 Å². The summed E-state index contributed by atoms with van der Waals surface area (Å²) < 4.78 is 0. The van der Waals surface area contributed by atoms with E-state index in [-0.39, 0.29) is 35.5 Å². The third-order valence-electron chi connectivity index (χ3n) is 6.13. The summed E-state index contributed by atoms with van der Waals surface area (Å²) in [4.78, 5) is 42.4. The zero-order chi connectivity index (χ0) is 17.6. The molecule has 0 aromatic heterocycles. The fourth-order valence-corrected chi connectivity index (χ4v) is 4.82. The van der Waals surface area contributed by atoms with Gasteiger partial charge in [0.15, 0.2) is 0 Å². The van der Waals surface area contributed by atoms with Crippen LogP contribution in [0.3, 0.4) is 0 Å². The average Bonchev–Trinajstić information content (AvgIpc) is 3.24. The lowest BCUT2D eigenvalue weighted by molar-refractivity contribution is -0.143. The molecule has 5 heteroatoms. The number of hydrogen-bond donors (Lipinski definition) is 0. The predicted molar refractivity (Wildman–Crippen MR) is 93.6 cm³/mol. The fourth-order valence-electron chi connectivity index (χ4n) is 4.82. The van der Waals surface area contributed by atoms with Crippen LogP contribution < -0.4 is 4.90 Å². The number of benzene rings is 1. The smallest absolute Gasteiger partial charge is 0.238 e. The zero-order valence-electron chi connectivity index (χ0n) is 14.6. The number of amides is 3. The second-order valence-electron chi connectivity index (χ2n) is 7.59. The molecule has 3 amide bonds. The highest BCUT2D eigenvalue weighted by Crippen LogP contribution is 2.46. The van der Waals surface area contributed by atoms with E-state index in [0.29, 0.717) is 12.1 Å². The maximum Gasteiger partial charge on any atom is 0.238 e. The third kappa shape index (κ3) is 2.57. The van der Waals surface area contributed by atoms with Gasteiger partial charge in [-0.1, -0.05) is 25.1 Å². The molecule has 0 radical (unpaired) electrons. The molecule has 1 saturated carbocycles. The van der Waals surface area contributed by atoms with Crippen LogP contribution in [0.2, 0.25) is 0 Å². The van der Waals surface area contributed by atoms with Crippen molar-refractivity contribution in [1.82, 2.24) is 4.90 Å². The van der Waals surface area contributed by atoms with Gasteiger partial charge in [0, 0.05) is 13.1 Å². The number of carbonyl (C=O) groups excluding carboxylic acids is 3. The molecule has 0 bridgehead atoms. The first-order chi connectivity index (χ1) is 12.1. The van der Waals surface area contributed by atoms with Crippen molar-refractivity contribution in [3.63, 3.8) is 0 Å². The first-order valence-corrected chi connectivity index (χ1v) is 9.31. The number of imide groups is 1. The largest absolute Gasteiger partial charge is 0.342 e. The molecular weight excluding hydrogens is 316 g/mol. The maximum absolute atomic E-state index is 13.2. The Morgan fingerprint density at radius 2 is 1.60 bits per heavy atom. The quantitative estimate of drug-likeness (QED) is 0.777. The third-order valence-corrected chi connectivity index (χ3v) is 6.13. The number of hydrogen-bond acceptors (Lipinski definition) is 3. The van der Waals surface area contributed by atoms with Gasteiger partial charge in [-0.15, -0.1) is 0 Å². The molecule has 2 heterocycles. The van der Waals surface area contributed by atoms with E-state index in [1.54, 1.807) is 12.1 Å². The van der Waals surface area contributed by atoms with Gasteiger partial charge in [-0.2, -0.15) is 0 Å². The number of anilines is 1. The number of rotatable bonds is 2. The van der Waals surface area contributed by atoms with Crippen molar-refractivity contribution in [1.29, 1.82) is 0 Å². The van der Waals surface area contributed by atoms with Crippen LogP contribution in [0.4, 0.5) is 5.69 Å². The molecule has 5 nitrogen and oxygen atoms in total. The minimum absolute atomic E-state index is 0.0791. The van der Waals surface area contributed by atoms with Crippen LogP contribution in [-0.2, 0) is 14.4 Å². The Labute approximate surface area is 148 Å². The Morgan fingerprint density at radius 1 is 0.960 bits per heavy atom. The van der Waals surface area contributed by atoms with Gasteiger partial charge in [0.05, 0.1) is 23.4 Å². The first kappa shape index (κ1) is 16.3. The highest BCUT2D eigenvalue weighted by Gasteiger charge is 2.57. The summed E-state index contributed by atoms with van der Waals surface area (Å²) in [6.07, 6.45) is 3.60. The lowest BCUT2D eigenvalue weighted by Gasteiger charge is -2.35. The fraction of sp³-hybridized carbons (Fsp3) is 0.550. The van der Waals surface area contributed by atoms with Crippen molar-refractivity contribution >= 4 is 23.4 Å². The monoisotopic (exact) mass is 340 g/mol. The molecule has 1 aromatic rings. The second kappa shape index (κ2) is 6.28. The van der Waals surface area contributed by atoms with Gasteiger partial charge in [0.2, 0.25) is 17.7 Å². The van der Waals surface area contributed by atoms with E-state index >= 15 is 0 Å². The summed E-state index contributed by atoms with van der Waals surface area (Å²) in [5.74, 6) is -1.31. The highest BCUT2D eigenvalue weighted by molar-refractivity contribution is 6.23.